The highest BCUT2D eigenvalue weighted by Crippen LogP contribution is 2.45. The third kappa shape index (κ3) is 3.42. The fourth-order valence-corrected chi connectivity index (χ4v) is 5.66. The van der Waals surface area contributed by atoms with E-state index in [1.54, 1.807) is 0 Å². The van der Waals surface area contributed by atoms with E-state index in [-0.39, 0.29) is 5.92 Å². The van der Waals surface area contributed by atoms with Gasteiger partial charge in [-0.1, -0.05) is 30.3 Å². The Labute approximate surface area is 173 Å². The molecular formula is C24H30N4O. The molecule has 3 aliphatic heterocycles. The van der Waals surface area contributed by atoms with Crippen LogP contribution in [0.5, 0.6) is 0 Å². The molecule has 0 saturated carbocycles. The fourth-order valence-electron chi connectivity index (χ4n) is 5.66. The molecule has 5 nitrogen and oxygen atoms in total. The number of nitrogens with zero attached hydrogens (tertiary/aromatic N) is 4. The lowest BCUT2D eigenvalue weighted by atomic mass is 9.93. The van der Waals surface area contributed by atoms with Crippen molar-refractivity contribution in [2.24, 2.45) is 5.92 Å². The first-order valence-corrected chi connectivity index (χ1v) is 11.0. The summed E-state index contributed by atoms with van der Waals surface area (Å²) < 4.78 is 0. The topological polar surface area (TPSA) is 39.7 Å². The minimum Gasteiger partial charge on any atom is -0.368 e. The fraction of sp³-hybridized carbons (Fsp3) is 0.500. The monoisotopic (exact) mass is 390 g/mol. The Bertz CT molecular complexity index is 862. The molecule has 152 valence electrons. The molecule has 29 heavy (non-hydrogen) atoms. The molecule has 1 aromatic heterocycles. The third-order valence-corrected chi connectivity index (χ3v) is 7.11. The van der Waals surface area contributed by atoms with Crippen molar-refractivity contribution in [3.05, 3.63) is 59.9 Å². The first-order valence-electron chi connectivity index (χ1n) is 11.0. The normalized spacial score (nSPS) is 27.3. The number of pyridine rings is 1. The van der Waals surface area contributed by atoms with Gasteiger partial charge in [-0.15, -0.1) is 0 Å². The first-order chi connectivity index (χ1) is 14.2. The molecule has 3 aliphatic rings. The van der Waals surface area contributed by atoms with Crippen LogP contribution in [0.4, 0.5) is 5.69 Å². The predicted molar refractivity (Wildman–Crippen MR) is 115 cm³/mol. The van der Waals surface area contributed by atoms with Crippen LogP contribution in [0.15, 0.2) is 48.8 Å². The molecule has 0 aliphatic carbocycles. The van der Waals surface area contributed by atoms with Crippen LogP contribution in [0.2, 0.25) is 0 Å². The number of amides is 1. The molecule has 5 rings (SSSR count). The lowest BCUT2D eigenvalue weighted by Gasteiger charge is -2.38. The number of aryl methyl sites for hydroxylation is 1. The molecule has 0 unspecified atom stereocenters. The lowest BCUT2D eigenvalue weighted by Crippen LogP contribution is -2.51. The van der Waals surface area contributed by atoms with Crippen LogP contribution in [-0.4, -0.2) is 59.5 Å². The van der Waals surface area contributed by atoms with Gasteiger partial charge >= 0.3 is 0 Å². The summed E-state index contributed by atoms with van der Waals surface area (Å²) in [6.07, 6.45) is 7.13. The van der Waals surface area contributed by atoms with Crippen LogP contribution in [0.25, 0.3) is 0 Å². The molecule has 5 heteroatoms. The summed E-state index contributed by atoms with van der Waals surface area (Å²) >= 11 is 0. The molecular weight excluding hydrogens is 360 g/mol. The van der Waals surface area contributed by atoms with Crippen LogP contribution in [0.3, 0.4) is 0 Å². The highest BCUT2D eigenvalue weighted by molar-refractivity contribution is 5.80. The summed E-state index contributed by atoms with van der Waals surface area (Å²) in [6, 6.07) is 13.7. The highest BCUT2D eigenvalue weighted by atomic mass is 16.2. The van der Waals surface area contributed by atoms with Gasteiger partial charge in [0.05, 0.1) is 5.92 Å². The second-order valence-corrected chi connectivity index (χ2v) is 8.69. The van der Waals surface area contributed by atoms with Gasteiger partial charge in [-0.05, 0) is 49.9 Å². The van der Waals surface area contributed by atoms with Crippen molar-refractivity contribution in [1.29, 1.82) is 0 Å². The van der Waals surface area contributed by atoms with E-state index < -0.39 is 0 Å². The molecule has 3 atom stereocenters. The summed E-state index contributed by atoms with van der Waals surface area (Å²) in [7, 11) is 0. The number of carbonyl (C=O) groups excluding carboxylic acids is 1. The zero-order valence-corrected chi connectivity index (χ0v) is 17.2. The maximum absolute atomic E-state index is 13.5. The average molecular weight is 391 g/mol. The van der Waals surface area contributed by atoms with Gasteiger partial charge in [-0.25, -0.2) is 0 Å². The number of anilines is 1. The van der Waals surface area contributed by atoms with Gasteiger partial charge in [0.15, 0.2) is 0 Å². The Hall–Kier alpha value is -2.40. The number of piperazine rings is 1. The minimum absolute atomic E-state index is 0.150. The molecule has 0 radical (unpaired) electrons. The van der Waals surface area contributed by atoms with Crippen LogP contribution in [0.1, 0.15) is 36.4 Å². The summed E-state index contributed by atoms with van der Waals surface area (Å²) in [5.74, 6) is 0.531. The Kier molecular flexibility index (Phi) is 5.00. The summed E-state index contributed by atoms with van der Waals surface area (Å²) in [5.41, 5.74) is 3.82. The quantitative estimate of drug-likeness (QED) is 0.807. The zero-order chi connectivity index (χ0) is 19.8. The van der Waals surface area contributed by atoms with Gasteiger partial charge in [-0.2, -0.15) is 0 Å². The molecule has 1 aromatic carbocycles. The molecule has 0 spiro atoms. The Morgan fingerprint density at radius 1 is 1.03 bits per heavy atom. The maximum atomic E-state index is 13.5. The van der Waals surface area contributed by atoms with E-state index >= 15 is 0 Å². The average Bonchev–Trinajstić information content (AvgIpc) is 3.37. The standard InChI is InChI=1S/C24H30N4O/c1-18-17-25-10-9-21(18)26-12-14-27(15-13-26)24(29)20-16-23(19-6-3-2-4-7-19)28-11-5-8-22(20)28/h2-4,6-7,9-10,17,20,22-23H,5,8,11-16H2,1H3/t20-,22+,23-/m0/s1. The summed E-state index contributed by atoms with van der Waals surface area (Å²) in [6.45, 7) is 6.68. The molecule has 1 amide bonds. The van der Waals surface area contributed by atoms with Crippen LogP contribution >= 0.6 is 0 Å². The smallest absolute Gasteiger partial charge is 0.227 e. The minimum atomic E-state index is 0.150. The second kappa shape index (κ2) is 7.79. The van der Waals surface area contributed by atoms with E-state index in [0.29, 0.717) is 18.0 Å². The molecule has 3 saturated heterocycles. The molecule has 0 N–H and O–H groups in total. The number of rotatable bonds is 3. The van der Waals surface area contributed by atoms with Crippen molar-refractivity contribution in [1.82, 2.24) is 14.8 Å². The van der Waals surface area contributed by atoms with Crippen molar-refractivity contribution < 1.29 is 4.79 Å². The SMILES string of the molecule is Cc1cnccc1N1CCN(C(=O)[C@H]2C[C@@H](c3ccccc3)N3CCC[C@H]23)CC1. The maximum Gasteiger partial charge on any atom is 0.227 e. The molecule has 2 aromatic rings. The van der Waals surface area contributed by atoms with E-state index in [4.69, 9.17) is 0 Å². The van der Waals surface area contributed by atoms with Gasteiger partial charge in [0.25, 0.3) is 0 Å². The van der Waals surface area contributed by atoms with Crippen molar-refractivity contribution in [3.63, 3.8) is 0 Å². The van der Waals surface area contributed by atoms with Crippen LogP contribution in [0, 0.1) is 12.8 Å². The van der Waals surface area contributed by atoms with Crippen LogP contribution < -0.4 is 4.90 Å². The lowest BCUT2D eigenvalue weighted by molar-refractivity contribution is -0.136. The predicted octanol–water partition coefficient (Wildman–Crippen LogP) is 3.26. The second-order valence-electron chi connectivity index (χ2n) is 8.69. The number of carbonyl (C=O) groups is 1. The molecule has 3 fully saturated rings. The van der Waals surface area contributed by atoms with Gasteiger partial charge < -0.3 is 9.80 Å². The van der Waals surface area contributed by atoms with Gasteiger partial charge in [0.1, 0.15) is 0 Å². The number of hydrogen-bond donors (Lipinski definition) is 0. The van der Waals surface area contributed by atoms with Gasteiger partial charge in [0, 0.05) is 56.3 Å². The van der Waals surface area contributed by atoms with Crippen LogP contribution in [-0.2, 0) is 4.79 Å². The van der Waals surface area contributed by atoms with Gasteiger partial charge in [0.2, 0.25) is 5.91 Å². The van der Waals surface area contributed by atoms with E-state index in [1.165, 1.54) is 23.2 Å². The van der Waals surface area contributed by atoms with Crippen molar-refractivity contribution in [2.45, 2.75) is 38.3 Å². The highest BCUT2D eigenvalue weighted by Gasteiger charge is 2.48. The first kappa shape index (κ1) is 18.6. The van der Waals surface area contributed by atoms with E-state index in [2.05, 4.69) is 63.0 Å². The number of aromatic nitrogens is 1. The van der Waals surface area contributed by atoms with E-state index in [1.807, 2.05) is 12.4 Å². The Morgan fingerprint density at radius 2 is 1.83 bits per heavy atom. The van der Waals surface area contributed by atoms with Gasteiger partial charge in [-0.3, -0.25) is 14.7 Å². The number of fused-ring (bicyclic) bond motifs is 1. The van der Waals surface area contributed by atoms with E-state index in [9.17, 15) is 4.79 Å². The van der Waals surface area contributed by atoms with Crippen molar-refractivity contribution >= 4 is 11.6 Å². The Balaban J connectivity index is 1.27. The van der Waals surface area contributed by atoms with Crippen molar-refractivity contribution in [2.75, 3.05) is 37.6 Å². The summed E-state index contributed by atoms with van der Waals surface area (Å²) in [4.78, 5) is 24.8. The molecule has 0 bridgehead atoms. The summed E-state index contributed by atoms with van der Waals surface area (Å²) in [5, 5.41) is 0. The largest absolute Gasteiger partial charge is 0.368 e. The number of benzene rings is 1. The number of hydrogen-bond acceptors (Lipinski definition) is 4. The Morgan fingerprint density at radius 3 is 2.59 bits per heavy atom. The van der Waals surface area contributed by atoms with E-state index in [0.717, 1.165) is 45.6 Å². The third-order valence-electron chi connectivity index (χ3n) is 7.11. The zero-order valence-electron chi connectivity index (χ0n) is 17.2. The van der Waals surface area contributed by atoms with Crippen molar-refractivity contribution in [3.8, 4) is 0 Å². The molecule has 4 heterocycles.